The van der Waals surface area contributed by atoms with Crippen molar-refractivity contribution in [1.29, 1.82) is 0 Å². The van der Waals surface area contributed by atoms with Gasteiger partial charge in [-0.2, -0.15) is 0 Å². The summed E-state index contributed by atoms with van der Waals surface area (Å²) in [6.07, 6.45) is 0. The maximum atomic E-state index is 5.66. The molecule has 0 amide bonds. The van der Waals surface area contributed by atoms with Crippen LogP contribution in [0, 0.1) is 6.92 Å². The van der Waals surface area contributed by atoms with Crippen molar-refractivity contribution in [1.82, 2.24) is 10.6 Å². The van der Waals surface area contributed by atoms with Gasteiger partial charge in [0.05, 0.1) is 20.8 Å². The standard InChI is InChI=1S/C23H33N3O3/c1-7-29-22-20(27-5)12-18(13-21(22)28-6)15-26-23(24-4)25-14-17(3)19-10-8-16(2)9-11-19/h8-13,17H,7,14-15H2,1-6H3,(H2,24,25,26). The van der Waals surface area contributed by atoms with Crippen molar-refractivity contribution in [2.45, 2.75) is 33.2 Å². The predicted octanol–water partition coefficient (Wildman–Crippen LogP) is 3.88. The Kier molecular flexibility index (Phi) is 8.65. The number of aliphatic imine (C=N–C) groups is 1. The first-order valence-electron chi connectivity index (χ1n) is 9.91. The molecule has 1 unspecified atom stereocenters. The highest BCUT2D eigenvalue weighted by molar-refractivity contribution is 5.79. The molecule has 0 aliphatic heterocycles. The molecule has 0 aliphatic rings. The van der Waals surface area contributed by atoms with E-state index in [1.54, 1.807) is 21.3 Å². The molecule has 6 nitrogen and oxygen atoms in total. The summed E-state index contributed by atoms with van der Waals surface area (Å²) in [6.45, 7) is 8.15. The lowest BCUT2D eigenvalue weighted by atomic mass is 10.0. The molecule has 2 rings (SSSR count). The van der Waals surface area contributed by atoms with Gasteiger partial charge in [-0.25, -0.2) is 0 Å². The van der Waals surface area contributed by atoms with Crippen LogP contribution in [0.2, 0.25) is 0 Å². The second-order valence-corrected chi connectivity index (χ2v) is 6.88. The van der Waals surface area contributed by atoms with Gasteiger partial charge < -0.3 is 24.8 Å². The zero-order valence-corrected chi connectivity index (χ0v) is 18.3. The Morgan fingerprint density at radius 3 is 2.17 bits per heavy atom. The summed E-state index contributed by atoms with van der Waals surface area (Å²) in [6, 6.07) is 12.5. The van der Waals surface area contributed by atoms with Crippen molar-refractivity contribution >= 4 is 5.96 Å². The molecule has 2 N–H and O–H groups in total. The zero-order valence-electron chi connectivity index (χ0n) is 18.3. The summed E-state index contributed by atoms with van der Waals surface area (Å²) < 4.78 is 16.6. The molecule has 0 aliphatic carbocycles. The third-order valence-electron chi connectivity index (χ3n) is 4.71. The molecule has 0 saturated heterocycles. The maximum Gasteiger partial charge on any atom is 0.203 e. The van der Waals surface area contributed by atoms with E-state index in [0.29, 0.717) is 36.3 Å². The van der Waals surface area contributed by atoms with E-state index < -0.39 is 0 Å². The molecule has 158 valence electrons. The first-order valence-corrected chi connectivity index (χ1v) is 9.91. The van der Waals surface area contributed by atoms with Crippen LogP contribution in [0.1, 0.15) is 36.5 Å². The van der Waals surface area contributed by atoms with E-state index in [1.165, 1.54) is 11.1 Å². The number of aryl methyl sites for hydroxylation is 1. The number of ether oxygens (including phenoxy) is 3. The quantitative estimate of drug-likeness (QED) is 0.495. The Morgan fingerprint density at radius 2 is 1.66 bits per heavy atom. The van der Waals surface area contributed by atoms with E-state index in [1.807, 2.05) is 19.1 Å². The lowest BCUT2D eigenvalue weighted by Gasteiger charge is -2.18. The van der Waals surface area contributed by atoms with Crippen LogP contribution in [0.4, 0.5) is 0 Å². The van der Waals surface area contributed by atoms with Gasteiger partial charge in [-0.05, 0) is 43.0 Å². The fraction of sp³-hybridized carbons (Fsp3) is 0.435. The van der Waals surface area contributed by atoms with Crippen LogP contribution in [0.3, 0.4) is 0 Å². The van der Waals surface area contributed by atoms with Crippen LogP contribution in [0.5, 0.6) is 17.2 Å². The zero-order chi connectivity index (χ0) is 21.2. The first-order chi connectivity index (χ1) is 14.0. The molecule has 2 aromatic carbocycles. The number of hydrogen-bond donors (Lipinski definition) is 2. The topological polar surface area (TPSA) is 64.1 Å². The van der Waals surface area contributed by atoms with Gasteiger partial charge in [-0.1, -0.05) is 36.8 Å². The smallest absolute Gasteiger partial charge is 0.203 e. The summed E-state index contributed by atoms with van der Waals surface area (Å²) in [5, 5.41) is 6.74. The molecular weight excluding hydrogens is 366 g/mol. The minimum atomic E-state index is 0.375. The number of nitrogens with zero attached hydrogens (tertiary/aromatic N) is 1. The Balaban J connectivity index is 1.98. The average Bonchev–Trinajstić information content (AvgIpc) is 2.74. The Hall–Kier alpha value is -2.89. The highest BCUT2D eigenvalue weighted by Crippen LogP contribution is 2.38. The molecule has 0 spiro atoms. The van der Waals surface area contributed by atoms with Gasteiger partial charge >= 0.3 is 0 Å². The van der Waals surface area contributed by atoms with E-state index >= 15 is 0 Å². The van der Waals surface area contributed by atoms with Crippen molar-refractivity contribution in [2.75, 3.05) is 34.4 Å². The van der Waals surface area contributed by atoms with Crippen LogP contribution in [-0.4, -0.2) is 40.4 Å². The van der Waals surface area contributed by atoms with Gasteiger partial charge in [-0.3, -0.25) is 4.99 Å². The summed E-state index contributed by atoms with van der Waals surface area (Å²) in [7, 11) is 5.02. The molecule has 29 heavy (non-hydrogen) atoms. The molecule has 0 saturated carbocycles. The number of hydrogen-bond acceptors (Lipinski definition) is 4. The lowest BCUT2D eigenvalue weighted by Crippen LogP contribution is -2.38. The van der Waals surface area contributed by atoms with E-state index in [2.05, 4.69) is 53.7 Å². The fourth-order valence-corrected chi connectivity index (χ4v) is 2.99. The summed E-state index contributed by atoms with van der Waals surface area (Å²) >= 11 is 0. The lowest BCUT2D eigenvalue weighted by molar-refractivity contribution is 0.288. The maximum absolute atomic E-state index is 5.66. The summed E-state index contributed by atoms with van der Waals surface area (Å²) in [4.78, 5) is 4.32. The SMILES string of the molecule is CCOc1c(OC)cc(CNC(=NC)NCC(C)c2ccc(C)cc2)cc1OC. The summed E-state index contributed by atoms with van der Waals surface area (Å²) in [5.41, 5.74) is 3.59. The normalized spacial score (nSPS) is 12.3. The molecule has 1 atom stereocenters. The van der Waals surface area contributed by atoms with Crippen LogP contribution in [-0.2, 0) is 6.54 Å². The first kappa shape index (κ1) is 22.4. The molecule has 0 bridgehead atoms. The number of benzene rings is 2. The molecule has 0 fully saturated rings. The number of guanidine groups is 1. The van der Waals surface area contributed by atoms with E-state index in [9.17, 15) is 0 Å². The Labute approximate surface area is 174 Å². The molecule has 0 radical (unpaired) electrons. The largest absolute Gasteiger partial charge is 0.493 e. The third kappa shape index (κ3) is 6.31. The predicted molar refractivity (Wildman–Crippen MR) is 119 cm³/mol. The van der Waals surface area contributed by atoms with Crippen molar-refractivity contribution in [3.8, 4) is 17.2 Å². The minimum Gasteiger partial charge on any atom is -0.493 e. The van der Waals surface area contributed by atoms with E-state index in [0.717, 1.165) is 18.1 Å². The van der Waals surface area contributed by atoms with Crippen molar-refractivity contribution in [3.05, 3.63) is 53.1 Å². The fourth-order valence-electron chi connectivity index (χ4n) is 2.99. The van der Waals surface area contributed by atoms with Gasteiger partial charge in [0.25, 0.3) is 0 Å². The molecule has 0 aromatic heterocycles. The van der Waals surface area contributed by atoms with Gasteiger partial charge in [0.1, 0.15) is 0 Å². The number of rotatable bonds is 9. The second-order valence-electron chi connectivity index (χ2n) is 6.88. The van der Waals surface area contributed by atoms with Crippen LogP contribution in [0.25, 0.3) is 0 Å². The van der Waals surface area contributed by atoms with Gasteiger partial charge in [0, 0.05) is 20.1 Å². The molecular formula is C23H33N3O3. The van der Waals surface area contributed by atoms with E-state index in [-0.39, 0.29) is 0 Å². The van der Waals surface area contributed by atoms with Crippen LogP contribution < -0.4 is 24.8 Å². The average molecular weight is 400 g/mol. The highest BCUT2D eigenvalue weighted by Gasteiger charge is 2.14. The Bertz CT molecular complexity index is 779. The molecule has 0 heterocycles. The Morgan fingerprint density at radius 1 is 1.03 bits per heavy atom. The number of methoxy groups -OCH3 is 2. The van der Waals surface area contributed by atoms with Gasteiger partial charge in [0.2, 0.25) is 5.75 Å². The van der Waals surface area contributed by atoms with Gasteiger partial charge in [-0.15, -0.1) is 0 Å². The third-order valence-corrected chi connectivity index (χ3v) is 4.71. The molecule has 6 heteroatoms. The van der Waals surface area contributed by atoms with Crippen molar-refractivity contribution in [3.63, 3.8) is 0 Å². The second kappa shape index (κ2) is 11.2. The van der Waals surface area contributed by atoms with Crippen molar-refractivity contribution in [2.24, 2.45) is 4.99 Å². The molecule has 2 aromatic rings. The number of nitrogens with one attached hydrogen (secondary N) is 2. The van der Waals surface area contributed by atoms with Gasteiger partial charge in [0.15, 0.2) is 17.5 Å². The van der Waals surface area contributed by atoms with Crippen LogP contribution >= 0.6 is 0 Å². The minimum absolute atomic E-state index is 0.375. The van der Waals surface area contributed by atoms with Crippen LogP contribution in [0.15, 0.2) is 41.4 Å². The monoisotopic (exact) mass is 399 g/mol. The summed E-state index contributed by atoms with van der Waals surface area (Å²) in [5.74, 6) is 3.05. The van der Waals surface area contributed by atoms with E-state index in [4.69, 9.17) is 14.2 Å². The van der Waals surface area contributed by atoms with Crippen molar-refractivity contribution < 1.29 is 14.2 Å². The highest BCUT2D eigenvalue weighted by atomic mass is 16.5.